The molecule has 0 unspecified atom stereocenters. The number of benzene rings is 2. The molecule has 37 heavy (non-hydrogen) atoms. The molecule has 2 atom stereocenters. The van der Waals surface area contributed by atoms with E-state index in [0.29, 0.717) is 29.7 Å². The van der Waals surface area contributed by atoms with Crippen LogP contribution in [-0.4, -0.2) is 85.8 Å². The molecule has 0 bridgehead atoms. The van der Waals surface area contributed by atoms with E-state index in [9.17, 15) is 19.2 Å². The fraction of sp³-hybridized carbons (Fsp3) is 0.370. The summed E-state index contributed by atoms with van der Waals surface area (Å²) in [7, 11) is 3.81. The van der Waals surface area contributed by atoms with E-state index in [1.54, 1.807) is 36.4 Å². The third-order valence-corrected chi connectivity index (χ3v) is 6.72. The number of nitrogens with one attached hydrogen (secondary N) is 2. The van der Waals surface area contributed by atoms with Crippen LogP contribution in [0.1, 0.15) is 39.1 Å². The van der Waals surface area contributed by atoms with Crippen LogP contribution >= 0.6 is 0 Å². The van der Waals surface area contributed by atoms with Crippen molar-refractivity contribution in [3.63, 3.8) is 0 Å². The van der Waals surface area contributed by atoms with Crippen molar-refractivity contribution in [2.24, 2.45) is 0 Å². The Morgan fingerprint density at radius 3 is 2.27 bits per heavy atom. The monoisotopic (exact) mass is 502 g/mol. The van der Waals surface area contributed by atoms with E-state index in [2.05, 4.69) is 10.6 Å². The average molecular weight is 503 g/mol. The van der Waals surface area contributed by atoms with Crippen LogP contribution in [0, 0.1) is 11.3 Å². The quantitative estimate of drug-likeness (QED) is 0.628. The molecule has 0 radical (unpaired) electrons. The molecule has 10 heteroatoms. The Morgan fingerprint density at radius 2 is 1.65 bits per heavy atom. The fourth-order valence-electron chi connectivity index (χ4n) is 4.55. The largest absolute Gasteiger partial charge is 0.378 e. The average Bonchev–Trinajstić information content (AvgIpc) is 2.93. The summed E-state index contributed by atoms with van der Waals surface area (Å²) in [5.41, 5.74) is 2.21. The minimum atomic E-state index is -0.966. The number of carbonyl (C=O) groups excluding carboxylic acids is 4. The molecule has 0 aliphatic carbocycles. The summed E-state index contributed by atoms with van der Waals surface area (Å²) in [5.74, 6) is -1.33. The van der Waals surface area contributed by atoms with Crippen molar-refractivity contribution < 1.29 is 19.2 Å². The van der Waals surface area contributed by atoms with Crippen molar-refractivity contribution >= 4 is 29.3 Å². The van der Waals surface area contributed by atoms with Gasteiger partial charge in [-0.1, -0.05) is 0 Å². The minimum absolute atomic E-state index is 0.0134. The molecule has 2 aromatic rings. The zero-order valence-electron chi connectivity index (χ0n) is 20.9. The van der Waals surface area contributed by atoms with Gasteiger partial charge in [-0.15, -0.1) is 0 Å². The second kappa shape index (κ2) is 11.1. The van der Waals surface area contributed by atoms with E-state index in [0.717, 1.165) is 12.1 Å². The van der Waals surface area contributed by atoms with Crippen LogP contribution in [0.15, 0.2) is 48.5 Å². The molecule has 4 rings (SSSR count). The predicted octanol–water partition coefficient (Wildman–Crippen LogP) is 0.986. The Morgan fingerprint density at radius 1 is 1.00 bits per heavy atom. The molecule has 192 valence electrons. The number of nitriles is 1. The van der Waals surface area contributed by atoms with Crippen LogP contribution in [0.2, 0.25) is 0 Å². The van der Waals surface area contributed by atoms with Crippen LogP contribution in [0.5, 0.6) is 0 Å². The molecule has 0 aromatic heterocycles. The lowest BCUT2D eigenvalue weighted by molar-refractivity contribution is -0.133. The maximum Gasteiger partial charge on any atom is 0.254 e. The zero-order chi connectivity index (χ0) is 26.5. The van der Waals surface area contributed by atoms with Gasteiger partial charge in [0.05, 0.1) is 18.2 Å². The minimum Gasteiger partial charge on any atom is -0.378 e. The third-order valence-electron chi connectivity index (χ3n) is 6.72. The Labute approximate surface area is 215 Å². The maximum atomic E-state index is 13.5. The van der Waals surface area contributed by atoms with Gasteiger partial charge in [0.2, 0.25) is 11.8 Å². The number of anilines is 1. The number of piperidine rings is 1. The Bertz CT molecular complexity index is 1220. The number of amides is 4. The molecule has 2 aromatic carbocycles. The van der Waals surface area contributed by atoms with E-state index < -0.39 is 18.0 Å². The van der Waals surface area contributed by atoms with Crippen molar-refractivity contribution in [3.05, 3.63) is 65.2 Å². The van der Waals surface area contributed by atoms with Crippen LogP contribution in [0.25, 0.3) is 0 Å². The van der Waals surface area contributed by atoms with E-state index in [4.69, 9.17) is 5.26 Å². The second-order valence-corrected chi connectivity index (χ2v) is 9.39. The van der Waals surface area contributed by atoms with Gasteiger partial charge >= 0.3 is 0 Å². The molecule has 4 amide bonds. The lowest BCUT2D eigenvalue weighted by atomic mass is 10.0. The van der Waals surface area contributed by atoms with Crippen LogP contribution in [0.4, 0.5) is 5.69 Å². The van der Waals surface area contributed by atoms with Gasteiger partial charge in [0.1, 0.15) is 12.1 Å². The first-order chi connectivity index (χ1) is 17.8. The highest BCUT2D eigenvalue weighted by atomic mass is 16.2. The van der Waals surface area contributed by atoms with Gasteiger partial charge in [-0.25, -0.2) is 0 Å². The van der Waals surface area contributed by atoms with Crippen molar-refractivity contribution in [3.8, 4) is 6.07 Å². The zero-order valence-corrected chi connectivity index (χ0v) is 20.9. The summed E-state index contributed by atoms with van der Waals surface area (Å²) >= 11 is 0. The van der Waals surface area contributed by atoms with E-state index in [1.165, 1.54) is 9.80 Å². The number of carbonyl (C=O) groups is 4. The van der Waals surface area contributed by atoms with Gasteiger partial charge in [-0.2, -0.15) is 5.26 Å². The van der Waals surface area contributed by atoms with E-state index >= 15 is 0 Å². The predicted molar refractivity (Wildman–Crippen MR) is 137 cm³/mol. The number of hydrogen-bond acceptors (Lipinski definition) is 6. The molecular weight excluding hydrogens is 472 g/mol. The van der Waals surface area contributed by atoms with Crippen molar-refractivity contribution in [1.82, 2.24) is 20.4 Å². The summed E-state index contributed by atoms with van der Waals surface area (Å²) in [4.78, 5) is 57.3. The van der Waals surface area contributed by atoms with Crippen molar-refractivity contribution in [1.29, 1.82) is 5.26 Å². The SMILES string of the molecule is CN(C)c1ccc(C(=O)N2CCN(C(=O)c3ccc(C#N)cc3)C[C@H]2C(=O)N[C@H]2CCCNC2=O)cc1. The molecular formula is C27H30N6O4. The van der Waals surface area contributed by atoms with Crippen LogP contribution in [0.3, 0.4) is 0 Å². The first-order valence-corrected chi connectivity index (χ1v) is 12.2. The van der Waals surface area contributed by atoms with Gasteiger partial charge in [-0.3, -0.25) is 19.2 Å². The van der Waals surface area contributed by atoms with E-state index in [1.807, 2.05) is 37.2 Å². The van der Waals surface area contributed by atoms with Crippen LogP contribution < -0.4 is 15.5 Å². The Hall–Kier alpha value is -4.39. The topological polar surface area (TPSA) is 126 Å². The number of rotatable bonds is 5. The summed E-state index contributed by atoms with van der Waals surface area (Å²) in [6.45, 7) is 0.953. The van der Waals surface area contributed by atoms with Gasteiger partial charge in [0, 0.05) is 50.5 Å². The molecule has 2 N–H and O–H groups in total. The molecule has 2 fully saturated rings. The summed E-state index contributed by atoms with van der Waals surface area (Å²) < 4.78 is 0. The highest BCUT2D eigenvalue weighted by molar-refractivity contribution is 6.00. The first-order valence-electron chi connectivity index (χ1n) is 12.2. The van der Waals surface area contributed by atoms with Crippen molar-refractivity contribution in [2.45, 2.75) is 24.9 Å². The first kappa shape index (κ1) is 25.7. The smallest absolute Gasteiger partial charge is 0.254 e. The van der Waals surface area contributed by atoms with Crippen LogP contribution in [-0.2, 0) is 9.59 Å². The molecule has 2 aliphatic heterocycles. The number of nitrogens with zero attached hydrogens (tertiary/aromatic N) is 4. The molecule has 2 aliphatic rings. The molecule has 2 heterocycles. The second-order valence-electron chi connectivity index (χ2n) is 9.39. The molecule has 10 nitrogen and oxygen atoms in total. The third kappa shape index (κ3) is 5.72. The van der Waals surface area contributed by atoms with Gasteiger partial charge < -0.3 is 25.3 Å². The highest BCUT2D eigenvalue weighted by Gasteiger charge is 2.39. The highest BCUT2D eigenvalue weighted by Crippen LogP contribution is 2.20. The van der Waals surface area contributed by atoms with Gasteiger partial charge in [0.15, 0.2) is 0 Å². The van der Waals surface area contributed by atoms with Gasteiger partial charge in [-0.05, 0) is 61.4 Å². The number of hydrogen-bond donors (Lipinski definition) is 2. The number of piperazine rings is 1. The van der Waals surface area contributed by atoms with Gasteiger partial charge in [0.25, 0.3) is 11.8 Å². The molecule has 2 saturated heterocycles. The molecule has 0 saturated carbocycles. The Kier molecular flexibility index (Phi) is 7.72. The molecule has 0 spiro atoms. The van der Waals surface area contributed by atoms with E-state index in [-0.39, 0.29) is 37.4 Å². The maximum absolute atomic E-state index is 13.5. The summed E-state index contributed by atoms with van der Waals surface area (Å²) in [6, 6.07) is 13.8. The normalized spacial score (nSPS) is 19.4. The fourth-order valence-corrected chi connectivity index (χ4v) is 4.55. The Balaban J connectivity index is 1.56. The standard InChI is InChI=1S/C27H30N6O4/c1-31(2)21-11-9-20(10-12-21)27(37)33-15-14-32(26(36)19-7-5-18(16-28)6-8-19)17-23(33)25(35)30-22-4-3-13-29-24(22)34/h5-12,22-23H,3-4,13-15,17H2,1-2H3,(H,29,34)(H,30,35)/t22-,23-/m0/s1. The lowest BCUT2D eigenvalue weighted by Gasteiger charge is -2.41. The lowest BCUT2D eigenvalue weighted by Crippen LogP contribution is -2.63. The van der Waals surface area contributed by atoms with Crippen molar-refractivity contribution in [2.75, 3.05) is 45.2 Å². The summed E-state index contributed by atoms with van der Waals surface area (Å²) in [6.07, 6.45) is 1.25. The summed E-state index contributed by atoms with van der Waals surface area (Å²) in [5, 5.41) is 14.6.